The molecule has 2 N–H and O–H groups in total. The summed E-state index contributed by atoms with van der Waals surface area (Å²) in [6.07, 6.45) is 0.676. The Morgan fingerprint density at radius 1 is 1.46 bits per heavy atom. The molecule has 0 aromatic rings. The van der Waals surface area contributed by atoms with Gasteiger partial charge in [0.1, 0.15) is 0 Å². The summed E-state index contributed by atoms with van der Waals surface area (Å²) >= 11 is 0. The summed E-state index contributed by atoms with van der Waals surface area (Å²) in [5, 5.41) is 12.1. The van der Waals surface area contributed by atoms with Crippen LogP contribution in [0.15, 0.2) is 0 Å². The Bertz CT molecular complexity index is 164. The summed E-state index contributed by atoms with van der Waals surface area (Å²) in [5.74, 6) is -0.105. The highest BCUT2D eigenvalue weighted by molar-refractivity contribution is 5.73. The van der Waals surface area contributed by atoms with Gasteiger partial charge in [0.05, 0.1) is 5.41 Å². The van der Waals surface area contributed by atoms with Gasteiger partial charge in [0.15, 0.2) is 0 Å². The molecule has 0 saturated carbocycles. The lowest BCUT2D eigenvalue weighted by Crippen LogP contribution is -2.30. The van der Waals surface area contributed by atoms with Gasteiger partial charge >= 0.3 is 5.97 Å². The normalized spacial score (nSPS) is 12.1. The second-order valence-electron chi connectivity index (χ2n) is 4.54. The molecule has 3 nitrogen and oxygen atoms in total. The van der Waals surface area contributed by atoms with Crippen molar-refractivity contribution in [3.8, 4) is 0 Å². The van der Waals surface area contributed by atoms with Crippen LogP contribution in [-0.4, -0.2) is 24.2 Å². The quantitative estimate of drug-likeness (QED) is 0.623. The minimum atomic E-state index is -0.723. The molecule has 0 aliphatic carbocycles. The van der Waals surface area contributed by atoms with Gasteiger partial charge in [0.25, 0.3) is 0 Å². The monoisotopic (exact) mass is 187 g/mol. The minimum absolute atomic E-state index is 0.607. The number of rotatable bonds is 6. The average Bonchev–Trinajstić information content (AvgIpc) is 1.97. The number of hydrogen-bond donors (Lipinski definition) is 2. The number of aliphatic carboxylic acids is 1. The van der Waals surface area contributed by atoms with Gasteiger partial charge in [-0.3, -0.25) is 4.79 Å². The number of hydrogen-bond acceptors (Lipinski definition) is 2. The topological polar surface area (TPSA) is 49.3 Å². The molecule has 0 aromatic carbocycles. The third-order valence-electron chi connectivity index (χ3n) is 2.06. The maximum absolute atomic E-state index is 10.7. The van der Waals surface area contributed by atoms with Crippen molar-refractivity contribution in [2.45, 2.75) is 34.1 Å². The second kappa shape index (κ2) is 5.22. The lowest BCUT2D eigenvalue weighted by atomic mass is 9.90. The van der Waals surface area contributed by atoms with Gasteiger partial charge in [-0.05, 0) is 39.3 Å². The van der Waals surface area contributed by atoms with Crippen molar-refractivity contribution in [1.29, 1.82) is 0 Å². The zero-order valence-corrected chi connectivity index (χ0v) is 9.05. The van der Waals surface area contributed by atoms with Gasteiger partial charge in [-0.15, -0.1) is 0 Å². The van der Waals surface area contributed by atoms with Crippen molar-refractivity contribution in [2.24, 2.45) is 11.3 Å². The molecular formula is C10H21NO2. The molecule has 13 heavy (non-hydrogen) atoms. The summed E-state index contributed by atoms with van der Waals surface area (Å²) in [4.78, 5) is 10.7. The van der Waals surface area contributed by atoms with E-state index in [0.717, 1.165) is 13.1 Å². The van der Waals surface area contributed by atoms with Crippen LogP contribution in [0.1, 0.15) is 34.1 Å². The van der Waals surface area contributed by atoms with Crippen LogP contribution in [0.25, 0.3) is 0 Å². The van der Waals surface area contributed by atoms with Crippen molar-refractivity contribution >= 4 is 5.97 Å². The van der Waals surface area contributed by atoms with E-state index in [4.69, 9.17) is 5.11 Å². The highest BCUT2D eigenvalue weighted by Crippen LogP contribution is 2.19. The highest BCUT2D eigenvalue weighted by atomic mass is 16.4. The molecule has 0 aliphatic heterocycles. The summed E-state index contributed by atoms with van der Waals surface area (Å²) in [6, 6.07) is 0. The Morgan fingerprint density at radius 2 is 2.00 bits per heavy atom. The number of carboxylic acids is 1. The van der Waals surface area contributed by atoms with Crippen molar-refractivity contribution in [3.05, 3.63) is 0 Å². The maximum Gasteiger partial charge on any atom is 0.309 e. The Hall–Kier alpha value is -0.570. The van der Waals surface area contributed by atoms with Crippen LogP contribution in [0.3, 0.4) is 0 Å². The number of nitrogens with one attached hydrogen (secondary N) is 1. The molecule has 0 atom stereocenters. The standard InChI is InChI=1S/C10H21NO2/c1-8(2)7-11-6-5-10(3,4)9(12)13/h8,11H,5-7H2,1-4H3,(H,12,13). The van der Waals surface area contributed by atoms with E-state index >= 15 is 0 Å². The first-order valence-electron chi connectivity index (χ1n) is 4.80. The zero-order chi connectivity index (χ0) is 10.5. The number of carbonyl (C=O) groups is 1. The molecule has 0 radical (unpaired) electrons. The molecular weight excluding hydrogens is 166 g/mol. The molecule has 0 heterocycles. The maximum atomic E-state index is 10.7. The molecule has 0 bridgehead atoms. The summed E-state index contributed by atoms with van der Waals surface area (Å²) < 4.78 is 0. The Kier molecular flexibility index (Phi) is 4.99. The van der Waals surface area contributed by atoms with E-state index in [1.165, 1.54) is 0 Å². The molecule has 0 unspecified atom stereocenters. The van der Waals surface area contributed by atoms with Gasteiger partial charge in [0.2, 0.25) is 0 Å². The van der Waals surface area contributed by atoms with E-state index in [0.29, 0.717) is 12.3 Å². The van der Waals surface area contributed by atoms with E-state index < -0.39 is 11.4 Å². The summed E-state index contributed by atoms with van der Waals surface area (Å²) in [5.41, 5.74) is -0.607. The van der Waals surface area contributed by atoms with Crippen molar-refractivity contribution in [3.63, 3.8) is 0 Å². The van der Waals surface area contributed by atoms with Crippen LogP contribution in [0.2, 0.25) is 0 Å². The molecule has 0 aromatic heterocycles. The predicted molar refractivity (Wildman–Crippen MR) is 53.7 cm³/mol. The Morgan fingerprint density at radius 3 is 2.38 bits per heavy atom. The molecule has 0 saturated heterocycles. The highest BCUT2D eigenvalue weighted by Gasteiger charge is 2.25. The van der Waals surface area contributed by atoms with Gasteiger partial charge < -0.3 is 10.4 Å². The van der Waals surface area contributed by atoms with Crippen LogP contribution in [0, 0.1) is 11.3 Å². The zero-order valence-electron chi connectivity index (χ0n) is 9.05. The van der Waals surface area contributed by atoms with Gasteiger partial charge in [-0.2, -0.15) is 0 Å². The fourth-order valence-electron chi connectivity index (χ4n) is 0.899. The molecule has 0 spiro atoms. The van der Waals surface area contributed by atoms with Crippen LogP contribution < -0.4 is 5.32 Å². The van der Waals surface area contributed by atoms with Gasteiger partial charge in [-0.1, -0.05) is 13.8 Å². The molecule has 78 valence electrons. The van der Waals surface area contributed by atoms with Crippen molar-refractivity contribution < 1.29 is 9.90 Å². The van der Waals surface area contributed by atoms with Crippen molar-refractivity contribution in [1.82, 2.24) is 5.32 Å². The first-order valence-corrected chi connectivity index (χ1v) is 4.80. The fraction of sp³-hybridized carbons (Fsp3) is 0.900. The SMILES string of the molecule is CC(C)CNCCC(C)(C)C(=O)O. The number of carboxylic acid groups (broad SMARTS) is 1. The van der Waals surface area contributed by atoms with E-state index in [2.05, 4.69) is 19.2 Å². The van der Waals surface area contributed by atoms with E-state index in [-0.39, 0.29) is 0 Å². The Balaban J connectivity index is 3.58. The van der Waals surface area contributed by atoms with E-state index in [1.807, 2.05) is 0 Å². The van der Waals surface area contributed by atoms with E-state index in [1.54, 1.807) is 13.8 Å². The minimum Gasteiger partial charge on any atom is -0.481 e. The fourth-order valence-corrected chi connectivity index (χ4v) is 0.899. The van der Waals surface area contributed by atoms with Crippen LogP contribution in [0.4, 0.5) is 0 Å². The summed E-state index contributed by atoms with van der Waals surface area (Å²) in [7, 11) is 0. The third-order valence-corrected chi connectivity index (χ3v) is 2.06. The van der Waals surface area contributed by atoms with E-state index in [9.17, 15) is 4.79 Å². The first kappa shape index (κ1) is 12.4. The lowest BCUT2D eigenvalue weighted by Gasteiger charge is -2.19. The molecule has 0 rings (SSSR count). The van der Waals surface area contributed by atoms with Crippen molar-refractivity contribution in [2.75, 3.05) is 13.1 Å². The van der Waals surface area contributed by atoms with Gasteiger partial charge in [0, 0.05) is 0 Å². The third kappa shape index (κ3) is 5.64. The molecule has 3 heteroatoms. The van der Waals surface area contributed by atoms with Gasteiger partial charge in [-0.25, -0.2) is 0 Å². The second-order valence-corrected chi connectivity index (χ2v) is 4.54. The first-order chi connectivity index (χ1) is 5.86. The lowest BCUT2D eigenvalue weighted by molar-refractivity contribution is -0.147. The molecule has 0 fully saturated rings. The molecule has 0 amide bonds. The van der Waals surface area contributed by atoms with Crippen LogP contribution in [0.5, 0.6) is 0 Å². The molecule has 0 aliphatic rings. The Labute approximate surface area is 80.5 Å². The predicted octanol–water partition coefficient (Wildman–Crippen LogP) is 1.73. The largest absolute Gasteiger partial charge is 0.481 e. The average molecular weight is 187 g/mol. The van der Waals surface area contributed by atoms with Crippen LogP contribution in [-0.2, 0) is 4.79 Å². The summed E-state index contributed by atoms with van der Waals surface area (Å²) in [6.45, 7) is 9.51. The van der Waals surface area contributed by atoms with Crippen LogP contribution >= 0.6 is 0 Å². The smallest absolute Gasteiger partial charge is 0.309 e.